The van der Waals surface area contributed by atoms with Crippen molar-refractivity contribution in [3.63, 3.8) is 0 Å². The van der Waals surface area contributed by atoms with Gasteiger partial charge in [0.2, 0.25) is 0 Å². The first-order valence-corrected chi connectivity index (χ1v) is 8.11. The van der Waals surface area contributed by atoms with Crippen molar-refractivity contribution in [2.24, 2.45) is 0 Å². The van der Waals surface area contributed by atoms with E-state index in [1.54, 1.807) is 17.4 Å². The van der Waals surface area contributed by atoms with Crippen LogP contribution >= 0.6 is 11.3 Å². The summed E-state index contributed by atoms with van der Waals surface area (Å²) >= 11 is 1.68. The van der Waals surface area contributed by atoms with Gasteiger partial charge in [-0.2, -0.15) is 0 Å². The predicted octanol–water partition coefficient (Wildman–Crippen LogP) is 3.94. The lowest BCUT2D eigenvalue weighted by Gasteiger charge is -2.21. The van der Waals surface area contributed by atoms with E-state index in [0.717, 1.165) is 36.4 Å². The lowest BCUT2D eigenvalue weighted by molar-refractivity contribution is 0.386. The number of nitrogens with one attached hydrogen (secondary N) is 1. The third kappa shape index (κ3) is 2.80. The number of thiazole rings is 1. The van der Waals surface area contributed by atoms with Crippen molar-refractivity contribution in [1.29, 1.82) is 0 Å². The summed E-state index contributed by atoms with van der Waals surface area (Å²) in [6.45, 7) is 3.07. The smallest absolute Gasteiger partial charge is 0.165 e. The predicted molar refractivity (Wildman–Crippen MR) is 83.4 cm³/mol. The summed E-state index contributed by atoms with van der Waals surface area (Å²) in [5.74, 6) is -0.0722. The Hall–Kier alpha value is -1.46. The van der Waals surface area contributed by atoms with Crippen molar-refractivity contribution in [2.75, 3.05) is 13.7 Å². The zero-order valence-corrected chi connectivity index (χ0v) is 13.1. The van der Waals surface area contributed by atoms with Crippen molar-refractivity contribution in [3.05, 3.63) is 34.6 Å². The van der Waals surface area contributed by atoms with Gasteiger partial charge in [0.25, 0.3) is 0 Å². The number of nitrogens with zero attached hydrogens (tertiary/aromatic N) is 1. The molecule has 112 valence electrons. The fraction of sp³-hybridized carbons (Fsp3) is 0.438. The van der Waals surface area contributed by atoms with Crippen molar-refractivity contribution in [3.8, 4) is 16.3 Å². The highest BCUT2D eigenvalue weighted by atomic mass is 32.1. The van der Waals surface area contributed by atoms with Crippen LogP contribution in [0.15, 0.2) is 18.2 Å². The first-order chi connectivity index (χ1) is 10.2. The Labute approximate surface area is 128 Å². The molecule has 5 heteroatoms. The molecule has 1 aliphatic rings. The molecule has 0 saturated carbocycles. The minimum atomic E-state index is -0.341. The highest BCUT2D eigenvalue weighted by molar-refractivity contribution is 7.15. The average Bonchev–Trinajstić information content (AvgIpc) is 2.92. The monoisotopic (exact) mass is 306 g/mol. The number of halogens is 1. The van der Waals surface area contributed by atoms with Crippen LogP contribution in [0.4, 0.5) is 4.39 Å². The van der Waals surface area contributed by atoms with Crippen LogP contribution in [-0.4, -0.2) is 18.6 Å². The van der Waals surface area contributed by atoms with E-state index in [4.69, 9.17) is 9.72 Å². The number of methoxy groups -OCH3 is 1. The van der Waals surface area contributed by atoms with E-state index in [9.17, 15) is 4.39 Å². The van der Waals surface area contributed by atoms with Gasteiger partial charge in [-0.05, 0) is 44.0 Å². The third-order valence-electron chi connectivity index (χ3n) is 3.80. The number of rotatable bonds is 4. The van der Waals surface area contributed by atoms with Crippen LogP contribution in [-0.2, 0) is 6.42 Å². The van der Waals surface area contributed by atoms with Crippen LogP contribution in [0.2, 0.25) is 0 Å². The molecule has 1 atom stereocenters. The highest BCUT2D eigenvalue weighted by Gasteiger charge is 2.24. The van der Waals surface area contributed by atoms with Gasteiger partial charge in [-0.3, -0.25) is 0 Å². The van der Waals surface area contributed by atoms with Gasteiger partial charge < -0.3 is 10.1 Å². The average molecular weight is 306 g/mol. The quantitative estimate of drug-likeness (QED) is 0.929. The van der Waals surface area contributed by atoms with E-state index < -0.39 is 0 Å². The van der Waals surface area contributed by atoms with E-state index in [1.165, 1.54) is 23.7 Å². The summed E-state index contributed by atoms with van der Waals surface area (Å²) < 4.78 is 18.8. The Balaban J connectivity index is 1.95. The van der Waals surface area contributed by atoms with Crippen molar-refractivity contribution in [1.82, 2.24) is 10.3 Å². The lowest BCUT2D eigenvalue weighted by atomic mass is 9.98. The molecule has 1 aliphatic carbocycles. The van der Waals surface area contributed by atoms with Crippen LogP contribution < -0.4 is 10.1 Å². The maximum absolute atomic E-state index is 13.9. The van der Waals surface area contributed by atoms with Crippen molar-refractivity contribution >= 4 is 11.3 Å². The molecule has 0 spiro atoms. The molecule has 0 aliphatic heterocycles. The van der Waals surface area contributed by atoms with Gasteiger partial charge in [-0.1, -0.05) is 6.92 Å². The van der Waals surface area contributed by atoms with Crippen molar-refractivity contribution < 1.29 is 9.13 Å². The lowest BCUT2D eigenvalue weighted by Crippen LogP contribution is -2.23. The van der Waals surface area contributed by atoms with Crippen LogP contribution in [0.3, 0.4) is 0 Å². The molecule has 1 heterocycles. The minimum Gasteiger partial charge on any atom is -0.494 e. The largest absolute Gasteiger partial charge is 0.494 e. The summed E-state index contributed by atoms with van der Waals surface area (Å²) in [6, 6.07) is 5.43. The molecule has 2 aromatic rings. The number of ether oxygens (including phenoxy) is 1. The Kier molecular flexibility index (Phi) is 4.22. The molecule has 0 saturated heterocycles. The zero-order chi connectivity index (χ0) is 14.8. The number of hydrogen-bond donors (Lipinski definition) is 1. The second kappa shape index (κ2) is 6.12. The van der Waals surface area contributed by atoms with E-state index in [-0.39, 0.29) is 11.6 Å². The molecule has 1 N–H and O–H groups in total. The van der Waals surface area contributed by atoms with Gasteiger partial charge in [0.15, 0.2) is 11.6 Å². The molecule has 0 amide bonds. The molecular weight excluding hydrogens is 287 g/mol. The third-order valence-corrected chi connectivity index (χ3v) is 5.06. The fourth-order valence-electron chi connectivity index (χ4n) is 2.78. The van der Waals surface area contributed by atoms with Crippen LogP contribution in [0, 0.1) is 5.82 Å². The Morgan fingerprint density at radius 2 is 2.33 bits per heavy atom. The van der Waals surface area contributed by atoms with Crippen molar-refractivity contribution in [2.45, 2.75) is 32.2 Å². The molecule has 1 aromatic heterocycles. The molecule has 1 unspecified atom stereocenters. The first-order valence-electron chi connectivity index (χ1n) is 7.29. The number of hydrogen-bond acceptors (Lipinski definition) is 4. The topological polar surface area (TPSA) is 34.2 Å². The second-order valence-corrected chi connectivity index (χ2v) is 6.21. The first kappa shape index (κ1) is 14.5. The normalized spacial score (nSPS) is 17.6. The van der Waals surface area contributed by atoms with Crippen LogP contribution in [0.1, 0.15) is 36.4 Å². The van der Waals surface area contributed by atoms with Gasteiger partial charge >= 0.3 is 0 Å². The van der Waals surface area contributed by atoms with Crippen LogP contribution in [0.25, 0.3) is 10.6 Å². The summed E-state index contributed by atoms with van der Waals surface area (Å²) in [5, 5.41) is 4.41. The fourth-order valence-corrected chi connectivity index (χ4v) is 4.00. The van der Waals surface area contributed by atoms with Crippen LogP contribution in [0.5, 0.6) is 5.75 Å². The van der Waals surface area contributed by atoms with E-state index in [0.29, 0.717) is 6.04 Å². The molecule has 0 fully saturated rings. The van der Waals surface area contributed by atoms with E-state index in [2.05, 4.69) is 12.2 Å². The summed E-state index contributed by atoms with van der Waals surface area (Å²) in [6.07, 6.45) is 3.33. The van der Waals surface area contributed by atoms with E-state index in [1.807, 2.05) is 6.07 Å². The summed E-state index contributed by atoms with van der Waals surface area (Å²) in [5.41, 5.74) is 1.99. The number of benzene rings is 1. The highest BCUT2D eigenvalue weighted by Crippen LogP contribution is 2.38. The van der Waals surface area contributed by atoms with Gasteiger partial charge in [0.1, 0.15) is 5.01 Å². The molecule has 3 rings (SSSR count). The maximum Gasteiger partial charge on any atom is 0.165 e. The Morgan fingerprint density at radius 1 is 1.48 bits per heavy atom. The zero-order valence-electron chi connectivity index (χ0n) is 12.3. The SMILES string of the molecule is CCNC1CCCc2nc(-c3ccc(OC)c(F)c3)sc21. The Bertz CT molecular complexity index is 641. The summed E-state index contributed by atoms with van der Waals surface area (Å²) in [4.78, 5) is 6.04. The van der Waals surface area contributed by atoms with Gasteiger partial charge in [-0.15, -0.1) is 11.3 Å². The number of aryl methyl sites for hydroxylation is 1. The van der Waals surface area contributed by atoms with Gasteiger partial charge in [0, 0.05) is 16.5 Å². The molecule has 21 heavy (non-hydrogen) atoms. The minimum absolute atomic E-state index is 0.269. The summed E-state index contributed by atoms with van der Waals surface area (Å²) in [7, 11) is 1.47. The molecule has 0 radical (unpaired) electrons. The standard InChI is InChI=1S/C16H19FN2OS/c1-3-18-12-5-4-6-13-15(12)21-16(19-13)10-7-8-14(20-2)11(17)9-10/h7-9,12,18H,3-6H2,1-2H3. The molecule has 3 nitrogen and oxygen atoms in total. The Morgan fingerprint density at radius 3 is 3.05 bits per heavy atom. The van der Waals surface area contributed by atoms with E-state index >= 15 is 0 Å². The second-order valence-electron chi connectivity index (χ2n) is 5.18. The number of aromatic nitrogens is 1. The molecule has 0 bridgehead atoms. The van der Waals surface area contributed by atoms with Gasteiger partial charge in [0.05, 0.1) is 12.8 Å². The molecular formula is C16H19FN2OS. The molecule has 1 aromatic carbocycles. The maximum atomic E-state index is 13.9. The number of fused-ring (bicyclic) bond motifs is 1. The van der Waals surface area contributed by atoms with Gasteiger partial charge in [-0.25, -0.2) is 9.37 Å².